The summed E-state index contributed by atoms with van der Waals surface area (Å²) in [5, 5.41) is 0. The highest BCUT2D eigenvalue weighted by Gasteiger charge is 2.18. The van der Waals surface area contributed by atoms with Crippen LogP contribution in [0.3, 0.4) is 0 Å². The van der Waals surface area contributed by atoms with Gasteiger partial charge in [-0.15, -0.1) is 0 Å². The Morgan fingerprint density at radius 3 is 2.50 bits per heavy atom. The molecule has 0 spiro atoms. The number of nitrogen functional groups attached to an aromatic ring is 1. The fraction of sp³-hybridized carbons (Fsp3) is 0.615. The van der Waals surface area contributed by atoms with Crippen LogP contribution in [0.4, 0.5) is 5.82 Å². The van der Waals surface area contributed by atoms with Gasteiger partial charge in [-0.05, 0) is 12.8 Å². The molecule has 1 saturated carbocycles. The smallest absolute Gasteiger partial charge is 0.183 e. The molecule has 0 amide bonds. The molecule has 96 valence electrons. The first kappa shape index (κ1) is 11.4. The first-order valence-corrected chi connectivity index (χ1v) is 6.80. The third kappa shape index (κ3) is 2.17. The van der Waals surface area contributed by atoms with Gasteiger partial charge in [-0.3, -0.25) is 0 Å². The molecule has 2 aromatic heterocycles. The van der Waals surface area contributed by atoms with Crippen LogP contribution in [0.25, 0.3) is 11.2 Å². The molecule has 2 heterocycles. The zero-order valence-corrected chi connectivity index (χ0v) is 10.5. The van der Waals surface area contributed by atoms with Crippen molar-refractivity contribution in [3.05, 3.63) is 12.2 Å². The fourth-order valence-corrected chi connectivity index (χ4v) is 2.79. The summed E-state index contributed by atoms with van der Waals surface area (Å²) in [6.45, 7) is 0. The van der Waals surface area contributed by atoms with Gasteiger partial charge in [0.05, 0.1) is 0 Å². The zero-order chi connectivity index (χ0) is 12.4. The lowest BCUT2D eigenvalue weighted by molar-refractivity contribution is 0.445. The minimum atomic E-state index is 0.490. The Labute approximate surface area is 106 Å². The highest BCUT2D eigenvalue weighted by molar-refractivity contribution is 5.81. The molecule has 3 rings (SSSR count). The summed E-state index contributed by atoms with van der Waals surface area (Å²) >= 11 is 0. The normalized spacial score (nSPS) is 18.7. The van der Waals surface area contributed by atoms with Gasteiger partial charge in [0.1, 0.15) is 17.7 Å². The number of anilines is 1. The Bertz CT molecular complexity index is 525. The largest absolute Gasteiger partial charge is 0.382 e. The van der Waals surface area contributed by atoms with Crippen LogP contribution in [0.1, 0.15) is 56.7 Å². The number of rotatable bonds is 1. The Balaban J connectivity index is 1.90. The molecule has 0 radical (unpaired) electrons. The second-order valence-corrected chi connectivity index (χ2v) is 5.12. The van der Waals surface area contributed by atoms with Gasteiger partial charge in [0.2, 0.25) is 0 Å². The van der Waals surface area contributed by atoms with Crippen LogP contribution in [0.15, 0.2) is 6.33 Å². The number of aromatic nitrogens is 4. The van der Waals surface area contributed by atoms with Crippen molar-refractivity contribution in [3.63, 3.8) is 0 Å². The Hall–Kier alpha value is -1.65. The van der Waals surface area contributed by atoms with E-state index in [2.05, 4.69) is 19.9 Å². The van der Waals surface area contributed by atoms with Gasteiger partial charge in [-0.2, -0.15) is 0 Å². The predicted molar refractivity (Wildman–Crippen MR) is 71.2 cm³/mol. The number of nitrogens with two attached hydrogens (primary N) is 1. The van der Waals surface area contributed by atoms with Crippen LogP contribution in [0, 0.1) is 0 Å². The average Bonchev–Trinajstić information content (AvgIpc) is 2.73. The number of aromatic amines is 1. The van der Waals surface area contributed by atoms with Gasteiger partial charge in [0.25, 0.3) is 0 Å². The quantitative estimate of drug-likeness (QED) is 0.809. The molecule has 0 unspecified atom stereocenters. The summed E-state index contributed by atoms with van der Waals surface area (Å²) < 4.78 is 0. The highest BCUT2D eigenvalue weighted by atomic mass is 15.0. The maximum Gasteiger partial charge on any atom is 0.183 e. The highest BCUT2D eigenvalue weighted by Crippen LogP contribution is 2.30. The number of H-pyrrole nitrogens is 1. The van der Waals surface area contributed by atoms with Crippen molar-refractivity contribution in [2.45, 2.75) is 50.9 Å². The molecule has 5 nitrogen and oxygen atoms in total. The second-order valence-electron chi connectivity index (χ2n) is 5.12. The number of nitrogens with zero attached hydrogens (tertiary/aromatic N) is 3. The fourth-order valence-electron chi connectivity index (χ4n) is 2.79. The van der Waals surface area contributed by atoms with E-state index in [1.54, 1.807) is 0 Å². The summed E-state index contributed by atoms with van der Waals surface area (Å²) in [6, 6.07) is 0. The molecule has 5 heteroatoms. The van der Waals surface area contributed by atoms with E-state index in [-0.39, 0.29) is 0 Å². The molecule has 0 saturated heterocycles. The van der Waals surface area contributed by atoms with Gasteiger partial charge in [0.15, 0.2) is 11.5 Å². The lowest BCUT2D eigenvalue weighted by atomic mass is 9.91. The Morgan fingerprint density at radius 1 is 1.06 bits per heavy atom. The molecular formula is C13H19N5. The Kier molecular flexibility index (Phi) is 3.13. The SMILES string of the molecule is Nc1ncnc2nc(C3CCCCCCC3)[nH]c12. The summed E-state index contributed by atoms with van der Waals surface area (Å²) in [4.78, 5) is 16.1. The Morgan fingerprint density at radius 2 is 1.78 bits per heavy atom. The lowest BCUT2D eigenvalue weighted by Gasteiger charge is -2.17. The molecule has 1 fully saturated rings. The molecular weight excluding hydrogens is 226 g/mol. The minimum Gasteiger partial charge on any atom is -0.382 e. The number of nitrogens with one attached hydrogen (secondary N) is 1. The van der Waals surface area contributed by atoms with Crippen molar-refractivity contribution < 1.29 is 0 Å². The van der Waals surface area contributed by atoms with Gasteiger partial charge >= 0.3 is 0 Å². The van der Waals surface area contributed by atoms with E-state index in [1.807, 2.05) is 0 Å². The van der Waals surface area contributed by atoms with Crippen LogP contribution >= 0.6 is 0 Å². The summed E-state index contributed by atoms with van der Waals surface area (Å²) in [7, 11) is 0. The van der Waals surface area contributed by atoms with E-state index in [4.69, 9.17) is 5.73 Å². The van der Waals surface area contributed by atoms with Crippen molar-refractivity contribution in [2.75, 3.05) is 5.73 Å². The van der Waals surface area contributed by atoms with Gasteiger partial charge in [0, 0.05) is 5.92 Å². The van der Waals surface area contributed by atoms with Crippen molar-refractivity contribution in [3.8, 4) is 0 Å². The molecule has 18 heavy (non-hydrogen) atoms. The van der Waals surface area contributed by atoms with Crippen LogP contribution in [0.5, 0.6) is 0 Å². The first-order chi connectivity index (χ1) is 8.84. The topological polar surface area (TPSA) is 80.5 Å². The summed E-state index contributed by atoms with van der Waals surface area (Å²) in [6.07, 6.45) is 10.6. The van der Waals surface area contributed by atoms with Crippen LogP contribution in [0.2, 0.25) is 0 Å². The molecule has 0 atom stereocenters. The monoisotopic (exact) mass is 245 g/mol. The minimum absolute atomic E-state index is 0.490. The molecule has 3 N–H and O–H groups in total. The van der Waals surface area contributed by atoms with Crippen molar-refractivity contribution in [2.24, 2.45) is 0 Å². The van der Waals surface area contributed by atoms with Crippen LogP contribution in [-0.2, 0) is 0 Å². The van der Waals surface area contributed by atoms with Crippen LogP contribution < -0.4 is 5.73 Å². The number of imidazole rings is 1. The number of hydrogen-bond donors (Lipinski definition) is 2. The second kappa shape index (κ2) is 4.92. The molecule has 1 aliphatic carbocycles. The summed E-state index contributed by atoms with van der Waals surface area (Å²) in [5.74, 6) is 2.06. The molecule has 1 aliphatic rings. The van der Waals surface area contributed by atoms with Crippen LogP contribution in [-0.4, -0.2) is 19.9 Å². The maximum atomic E-state index is 5.83. The van der Waals surface area contributed by atoms with E-state index < -0.39 is 0 Å². The van der Waals surface area contributed by atoms with Crippen molar-refractivity contribution >= 4 is 17.0 Å². The third-order valence-electron chi connectivity index (χ3n) is 3.83. The predicted octanol–water partition coefficient (Wildman–Crippen LogP) is 2.76. The van der Waals surface area contributed by atoms with Crippen molar-refractivity contribution in [1.29, 1.82) is 0 Å². The van der Waals surface area contributed by atoms with E-state index >= 15 is 0 Å². The van der Waals surface area contributed by atoms with Gasteiger partial charge < -0.3 is 10.7 Å². The van der Waals surface area contributed by atoms with E-state index in [9.17, 15) is 0 Å². The molecule has 0 aromatic carbocycles. The average molecular weight is 245 g/mol. The maximum absolute atomic E-state index is 5.83. The van der Waals surface area contributed by atoms with E-state index in [0.29, 0.717) is 17.4 Å². The van der Waals surface area contributed by atoms with E-state index in [1.165, 1.54) is 51.3 Å². The van der Waals surface area contributed by atoms with Gasteiger partial charge in [-0.25, -0.2) is 15.0 Å². The zero-order valence-electron chi connectivity index (χ0n) is 10.5. The summed E-state index contributed by atoms with van der Waals surface area (Å²) in [5.41, 5.74) is 7.31. The third-order valence-corrected chi connectivity index (χ3v) is 3.83. The molecule has 2 aromatic rings. The molecule has 0 bridgehead atoms. The number of fused-ring (bicyclic) bond motifs is 1. The van der Waals surface area contributed by atoms with Gasteiger partial charge in [-0.1, -0.05) is 32.1 Å². The molecule has 0 aliphatic heterocycles. The number of hydrogen-bond acceptors (Lipinski definition) is 4. The van der Waals surface area contributed by atoms with E-state index in [0.717, 1.165) is 11.3 Å². The standard InChI is InChI=1S/C13H19N5/c14-11-10-13(16-8-15-11)18-12(17-10)9-6-4-2-1-3-5-7-9/h8-9H,1-7H2,(H3,14,15,16,17,18). The first-order valence-electron chi connectivity index (χ1n) is 6.80. The van der Waals surface area contributed by atoms with Crippen molar-refractivity contribution in [1.82, 2.24) is 19.9 Å². The lowest BCUT2D eigenvalue weighted by Crippen LogP contribution is -2.04.